The van der Waals surface area contributed by atoms with Crippen LogP contribution in [0, 0.1) is 5.92 Å². The van der Waals surface area contributed by atoms with Crippen LogP contribution in [0.2, 0.25) is 0 Å². The SMILES string of the molecule is c1cnc(CC2CCNC2)cn1. The molecule has 2 rings (SSSR count). The van der Waals surface area contributed by atoms with E-state index in [-0.39, 0.29) is 0 Å². The highest BCUT2D eigenvalue weighted by molar-refractivity contribution is 4.97. The first-order valence-corrected chi connectivity index (χ1v) is 4.41. The Balaban J connectivity index is 1.94. The maximum Gasteiger partial charge on any atom is 0.0589 e. The van der Waals surface area contributed by atoms with E-state index in [0.29, 0.717) is 0 Å². The summed E-state index contributed by atoms with van der Waals surface area (Å²) in [5.41, 5.74) is 1.12. The maximum absolute atomic E-state index is 4.25. The number of hydrogen-bond acceptors (Lipinski definition) is 3. The molecule has 1 aliphatic rings. The zero-order valence-corrected chi connectivity index (χ0v) is 7.03. The average molecular weight is 163 g/mol. The fourth-order valence-corrected chi connectivity index (χ4v) is 1.62. The zero-order chi connectivity index (χ0) is 8.23. The topological polar surface area (TPSA) is 37.8 Å². The largest absolute Gasteiger partial charge is 0.316 e. The van der Waals surface area contributed by atoms with Gasteiger partial charge in [0.25, 0.3) is 0 Å². The zero-order valence-electron chi connectivity index (χ0n) is 7.03. The van der Waals surface area contributed by atoms with Crippen molar-refractivity contribution in [3.05, 3.63) is 24.3 Å². The molecule has 1 unspecified atom stereocenters. The van der Waals surface area contributed by atoms with Crippen molar-refractivity contribution in [3.63, 3.8) is 0 Å². The summed E-state index contributed by atoms with van der Waals surface area (Å²) < 4.78 is 0. The van der Waals surface area contributed by atoms with Gasteiger partial charge in [0.05, 0.1) is 5.69 Å². The smallest absolute Gasteiger partial charge is 0.0589 e. The van der Waals surface area contributed by atoms with Gasteiger partial charge in [0, 0.05) is 18.6 Å². The summed E-state index contributed by atoms with van der Waals surface area (Å²) in [4.78, 5) is 8.30. The molecule has 1 aromatic rings. The molecule has 2 heterocycles. The summed E-state index contributed by atoms with van der Waals surface area (Å²) in [5, 5.41) is 3.34. The number of rotatable bonds is 2. The number of nitrogens with one attached hydrogen (secondary N) is 1. The summed E-state index contributed by atoms with van der Waals surface area (Å²) in [6.07, 6.45) is 7.68. The van der Waals surface area contributed by atoms with Crippen molar-refractivity contribution >= 4 is 0 Å². The predicted octanol–water partition coefficient (Wildman–Crippen LogP) is 0.629. The third kappa shape index (κ3) is 1.80. The van der Waals surface area contributed by atoms with Crippen LogP contribution in [0.25, 0.3) is 0 Å². The fourth-order valence-electron chi connectivity index (χ4n) is 1.62. The molecule has 3 nitrogen and oxygen atoms in total. The van der Waals surface area contributed by atoms with Crippen molar-refractivity contribution in [2.45, 2.75) is 12.8 Å². The van der Waals surface area contributed by atoms with Crippen LogP contribution in [-0.2, 0) is 6.42 Å². The van der Waals surface area contributed by atoms with Crippen LogP contribution < -0.4 is 5.32 Å². The molecule has 0 radical (unpaired) electrons. The lowest BCUT2D eigenvalue weighted by molar-refractivity contribution is 0.570. The van der Waals surface area contributed by atoms with Crippen LogP contribution in [0.3, 0.4) is 0 Å². The molecule has 64 valence electrons. The van der Waals surface area contributed by atoms with Crippen molar-refractivity contribution in [2.24, 2.45) is 5.92 Å². The van der Waals surface area contributed by atoms with Gasteiger partial charge < -0.3 is 5.32 Å². The molecular formula is C9H13N3. The monoisotopic (exact) mass is 163 g/mol. The molecule has 1 saturated heterocycles. The number of hydrogen-bond donors (Lipinski definition) is 1. The van der Waals surface area contributed by atoms with Gasteiger partial charge in [0.15, 0.2) is 0 Å². The summed E-state index contributed by atoms with van der Waals surface area (Å²) in [7, 11) is 0. The lowest BCUT2D eigenvalue weighted by Gasteiger charge is -2.05. The third-order valence-corrected chi connectivity index (χ3v) is 2.28. The Hall–Kier alpha value is -0.960. The van der Waals surface area contributed by atoms with Gasteiger partial charge in [-0.1, -0.05) is 0 Å². The van der Waals surface area contributed by atoms with Crippen LogP contribution in [-0.4, -0.2) is 23.1 Å². The highest BCUT2D eigenvalue weighted by Gasteiger charge is 2.14. The summed E-state index contributed by atoms with van der Waals surface area (Å²) in [5.74, 6) is 0.765. The average Bonchev–Trinajstić information content (AvgIpc) is 2.59. The molecule has 0 aliphatic carbocycles. The van der Waals surface area contributed by atoms with Gasteiger partial charge in [-0.3, -0.25) is 9.97 Å². The molecule has 3 heteroatoms. The first-order valence-electron chi connectivity index (χ1n) is 4.41. The van der Waals surface area contributed by atoms with Gasteiger partial charge in [-0.05, 0) is 31.8 Å². The van der Waals surface area contributed by atoms with Gasteiger partial charge in [-0.25, -0.2) is 0 Å². The van der Waals surface area contributed by atoms with Gasteiger partial charge in [-0.15, -0.1) is 0 Å². The third-order valence-electron chi connectivity index (χ3n) is 2.28. The van der Waals surface area contributed by atoms with E-state index in [4.69, 9.17) is 0 Å². The highest BCUT2D eigenvalue weighted by Crippen LogP contribution is 2.12. The minimum atomic E-state index is 0.765. The summed E-state index contributed by atoms with van der Waals surface area (Å²) in [6, 6.07) is 0. The van der Waals surface area contributed by atoms with Gasteiger partial charge in [0.1, 0.15) is 0 Å². The molecule has 12 heavy (non-hydrogen) atoms. The van der Waals surface area contributed by atoms with E-state index in [1.165, 1.54) is 6.42 Å². The quantitative estimate of drug-likeness (QED) is 0.695. The van der Waals surface area contributed by atoms with E-state index >= 15 is 0 Å². The molecule has 1 aliphatic heterocycles. The molecule has 1 fully saturated rings. The van der Waals surface area contributed by atoms with Crippen molar-refractivity contribution in [3.8, 4) is 0 Å². The Bertz CT molecular complexity index is 229. The molecule has 0 spiro atoms. The number of aromatic nitrogens is 2. The summed E-state index contributed by atoms with van der Waals surface area (Å²) in [6.45, 7) is 2.29. The van der Waals surface area contributed by atoms with Crippen molar-refractivity contribution in [1.29, 1.82) is 0 Å². The van der Waals surface area contributed by atoms with Crippen LogP contribution in [0.1, 0.15) is 12.1 Å². The Morgan fingerprint density at radius 1 is 1.50 bits per heavy atom. The molecule has 0 amide bonds. The van der Waals surface area contributed by atoms with E-state index in [0.717, 1.165) is 31.1 Å². The molecule has 1 atom stereocenters. The van der Waals surface area contributed by atoms with E-state index in [1.807, 2.05) is 6.20 Å². The number of nitrogens with zero attached hydrogens (tertiary/aromatic N) is 2. The van der Waals surface area contributed by atoms with Gasteiger partial charge in [0.2, 0.25) is 0 Å². The molecule has 0 saturated carbocycles. The Kier molecular flexibility index (Phi) is 2.32. The fraction of sp³-hybridized carbons (Fsp3) is 0.556. The van der Waals surface area contributed by atoms with Crippen LogP contribution >= 0.6 is 0 Å². The van der Waals surface area contributed by atoms with E-state index in [9.17, 15) is 0 Å². The van der Waals surface area contributed by atoms with Crippen LogP contribution in [0.15, 0.2) is 18.6 Å². The van der Waals surface area contributed by atoms with Crippen LogP contribution in [0.5, 0.6) is 0 Å². The highest BCUT2D eigenvalue weighted by atomic mass is 14.9. The molecule has 0 aromatic carbocycles. The van der Waals surface area contributed by atoms with Crippen molar-refractivity contribution in [2.75, 3.05) is 13.1 Å². The molecular weight excluding hydrogens is 150 g/mol. The van der Waals surface area contributed by atoms with Crippen LogP contribution in [0.4, 0.5) is 0 Å². The van der Waals surface area contributed by atoms with Crippen molar-refractivity contribution in [1.82, 2.24) is 15.3 Å². The van der Waals surface area contributed by atoms with E-state index in [2.05, 4.69) is 15.3 Å². The first kappa shape index (κ1) is 7.68. The van der Waals surface area contributed by atoms with E-state index < -0.39 is 0 Å². The maximum atomic E-state index is 4.25. The Morgan fingerprint density at radius 3 is 3.17 bits per heavy atom. The standard InChI is InChI=1S/C9H13N3/c1-2-10-6-8(1)5-9-7-11-3-4-12-9/h3-4,7-8,10H,1-2,5-6H2. The Labute approximate surface area is 72.2 Å². The Morgan fingerprint density at radius 2 is 2.50 bits per heavy atom. The predicted molar refractivity (Wildman–Crippen MR) is 46.7 cm³/mol. The second-order valence-corrected chi connectivity index (χ2v) is 3.26. The molecule has 1 N–H and O–H groups in total. The summed E-state index contributed by atoms with van der Waals surface area (Å²) >= 11 is 0. The van der Waals surface area contributed by atoms with Crippen molar-refractivity contribution < 1.29 is 0 Å². The molecule has 1 aromatic heterocycles. The second kappa shape index (κ2) is 3.63. The minimum absolute atomic E-state index is 0.765. The van der Waals surface area contributed by atoms with Gasteiger partial charge >= 0.3 is 0 Å². The van der Waals surface area contributed by atoms with E-state index in [1.54, 1.807) is 12.4 Å². The lowest BCUT2D eigenvalue weighted by Crippen LogP contribution is -2.11. The first-order chi connectivity index (χ1) is 5.95. The second-order valence-electron chi connectivity index (χ2n) is 3.26. The normalized spacial score (nSPS) is 22.8. The lowest BCUT2D eigenvalue weighted by atomic mass is 10.0. The minimum Gasteiger partial charge on any atom is -0.316 e. The van der Waals surface area contributed by atoms with Gasteiger partial charge in [-0.2, -0.15) is 0 Å². The molecule has 0 bridgehead atoms.